The van der Waals surface area contributed by atoms with Crippen LogP contribution in [-0.2, 0) is 4.79 Å². The molecule has 1 aromatic carbocycles. The van der Waals surface area contributed by atoms with E-state index in [0.29, 0.717) is 11.8 Å². The molecular weight excluding hydrogens is 228 g/mol. The monoisotopic (exact) mass is 240 g/mol. The Balaban J connectivity index is 2.90. The Labute approximate surface area is 97.4 Å². The lowest BCUT2D eigenvalue weighted by Crippen LogP contribution is -2.28. The summed E-state index contributed by atoms with van der Waals surface area (Å²) in [6, 6.07) is 4.19. The van der Waals surface area contributed by atoms with E-state index in [-0.39, 0.29) is 11.5 Å². The van der Waals surface area contributed by atoms with Crippen molar-refractivity contribution in [2.75, 3.05) is 13.7 Å². The van der Waals surface area contributed by atoms with E-state index in [2.05, 4.69) is 0 Å². The number of hydrogen-bond acceptors (Lipinski definition) is 6. The molecule has 0 aliphatic rings. The van der Waals surface area contributed by atoms with Crippen molar-refractivity contribution in [3.05, 3.63) is 23.8 Å². The van der Waals surface area contributed by atoms with Crippen LogP contribution < -0.4 is 9.47 Å². The Kier molecular flexibility index (Phi) is 4.62. The quantitative estimate of drug-likeness (QED) is 0.419. The van der Waals surface area contributed by atoms with Gasteiger partial charge in [-0.3, -0.25) is 4.79 Å². The van der Waals surface area contributed by atoms with Gasteiger partial charge in [-0.1, -0.05) is 0 Å². The highest BCUT2D eigenvalue weighted by Gasteiger charge is 2.18. The Morgan fingerprint density at radius 3 is 2.71 bits per heavy atom. The third-order valence-corrected chi connectivity index (χ3v) is 1.98. The van der Waals surface area contributed by atoms with Gasteiger partial charge in [-0.25, -0.2) is 4.79 Å². The van der Waals surface area contributed by atoms with Crippen molar-refractivity contribution >= 4 is 12.3 Å². The summed E-state index contributed by atoms with van der Waals surface area (Å²) in [5.41, 5.74) is 0.365. The largest absolute Gasteiger partial charge is 0.493 e. The molecule has 0 radical (unpaired) electrons. The molecule has 2 N–H and O–H groups in total. The summed E-state index contributed by atoms with van der Waals surface area (Å²) in [5, 5.41) is 17.6. The number of aldehydes is 1. The highest BCUT2D eigenvalue weighted by atomic mass is 16.6. The molecule has 92 valence electrons. The number of hydrogen-bond donors (Lipinski definition) is 2. The average molecular weight is 240 g/mol. The minimum Gasteiger partial charge on any atom is -0.493 e. The van der Waals surface area contributed by atoms with Crippen LogP contribution >= 0.6 is 0 Å². The molecule has 0 aliphatic heterocycles. The Bertz CT molecular complexity index is 414. The van der Waals surface area contributed by atoms with Gasteiger partial charge >= 0.3 is 5.97 Å². The minimum atomic E-state index is -1.61. The first-order valence-electron chi connectivity index (χ1n) is 4.76. The van der Waals surface area contributed by atoms with Crippen LogP contribution in [0.3, 0.4) is 0 Å². The molecule has 1 aromatic rings. The fraction of sp³-hybridized carbons (Fsp3) is 0.273. The number of aliphatic hydroxyl groups is 2. The summed E-state index contributed by atoms with van der Waals surface area (Å²) in [6.07, 6.45) is -0.984. The van der Waals surface area contributed by atoms with Crippen molar-refractivity contribution in [3.8, 4) is 11.5 Å². The number of aliphatic hydroxyl groups excluding tert-OH is 2. The summed E-state index contributed by atoms with van der Waals surface area (Å²) in [5.74, 6) is -0.742. The lowest BCUT2D eigenvalue weighted by molar-refractivity contribution is -0.145. The Hall–Kier alpha value is -1.92. The molecule has 0 fully saturated rings. The Morgan fingerprint density at radius 1 is 1.47 bits per heavy atom. The van der Waals surface area contributed by atoms with Crippen LogP contribution in [0.2, 0.25) is 0 Å². The third-order valence-electron chi connectivity index (χ3n) is 1.98. The van der Waals surface area contributed by atoms with E-state index in [4.69, 9.17) is 19.7 Å². The summed E-state index contributed by atoms with van der Waals surface area (Å²) in [6.45, 7) is -0.729. The SMILES string of the molecule is COc1cc(C=O)ccc1OC(=O)C(O)CO. The molecule has 6 heteroatoms. The third kappa shape index (κ3) is 3.27. The number of methoxy groups -OCH3 is 1. The van der Waals surface area contributed by atoms with Crippen molar-refractivity contribution in [2.45, 2.75) is 6.10 Å². The molecule has 17 heavy (non-hydrogen) atoms. The van der Waals surface area contributed by atoms with E-state index >= 15 is 0 Å². The minimum absolute atomic E-state index is 0.0654. The number of benzene rings is 1. The molecule has 1 rings (SSSR count). The lowest BCUT2D eigenvalue weighted by atomic mass is 10.2. The second kappa shape index (κ2) is 5.97. The fourth-order valence-electron chi connectivity index (χ4n) is 1.09. The molecule has 0 saturated heterocycles. The average Bonchev–Trinajstić information content (AvgIpc) is 2.37. The first-order chi connectivity index (χ1) is 8.12. The normalized spacial score (nSPS) is 11.7. The van der Waals surface area contributed by atoms with Crippen LogP contribution in [-0.4, -0.2) is 42.3 Å². The van der Waals surface area contributed by atoms with Gasteiger partial charge in [-0.15, -0.1) is 0 Å². The molecule has 0 aliphatic carbocycles. The van der Waals surface area contributed by atoms with Gasteiger partial charge in [0.2, 0.25) is 0 Å². The molecule has 0 aromatic heterocycles. The number of carbonyl (C=O) groups is 2. The van der Waals surface area contributed by atoms with Crippen LogP contribution in [0.4, 0.5) is 0 Å². The first kappa shape index (κ1) is 13.1. The van der Waals surface area contributed by atoms with Gasteiger partial charge < -0.3 is 19.7 Å². The van der Waals surface area contributed by atoms with E-state index in [1.165, 1.54) is 25.3 Å². The maximum Gasteiger partial charge on any atom is 0.342 e. The molecule has 1 unspecified atom stereocenters. The predicted molar refractivity (Wildman–Crippen MR) is 57.1 cm³/mol. The molecule has 0 bridgehead atoms. The topological polar surface area (TPSA) is 93.1 Å². The summed E-state index contributed by atoms with van der Waals surface area (Å²) < 4.78 is 9.72. The molecule has 0 saturated carbocycles. The molecule has 0 amide bonds. The molecule has 0 spiro atoms. The number of rotatable bonds is 5. The maximum atomic E-state index is 11.2. The lowest BCUT2D eigenvalue weighted by Gasteiger charge is -2.11. The number of ether oxygens (including phenoxy) is 2. The van der Waals surface area contributed by atoms with Crippen molar-refractivity contribution in [1.82, 2.24) is 0 Å². The number of esters is 1. The van der Waals surface area contributed by atoms with E-state index in [1.807, 2.05) is 0 Å². The van der Waals surface area contributed by atoms with E-state index in [0.717, 1.165) is 0 Å². The first-order valence-corrected chi connectivity index (χ1v) is 4.76. The summed E-state index contributed by atoms with van der Waals surface area (Å²) >= 11 is 0. The van der Waals surface area contributed by atoms with Crippen LogP contribution in [0.1, 0.15) is 10.4 Å². The van der Waals surface area contributed by atoms with Gasteiger partial charge in [0.1, 0.15) is 6.29 Å². The smallest absolute Gasteiger partial charge is 0.342 e. The van der Waals surface area contributed by atoms with Gasteiger partial charge in [0.25, 0.3) is 0 Å². The summed E-state index contributed by atoms with van der Waals surface area (Å²) in [7, 11) is 1.35. The standard InChI is InChI=1S/C11H12O6/c1-16-10-4-7(5-12)2-3-9(10)17-11(15)8(14)6-13/h2-5,8,13-14H,6H2,1H3. The van der Waals surface area contributed by atoms with E-state index < -0.39 is 18.7 Å². The molecule has 6 nitrogen and oxygen atoms in total. The van der Waals surface area contributed by atoms with Crippen LogP contribution in [0.25, 0.3) is 0 Å². The predicted octanol–water partition coefficient (Wildman–Crippen LogP) is -0.234. The zero-order valence-electron chi connectivity index (χ0n) is 9.12. The van der Waals surface area contributed by atoms with E-state index in [9.17, 15) is 9.59 Å². The fourth-order valence-corrected chi connectivity index (χ4v) is 1.09. The maximum absolute atomic E-state index is 11.2. The molecule has 0 heterocycles. The highest BCUT2D eigenvalue weighted by Crippen LogP contribution is 2.27. The van der Waals surface area contributed by atoms with Gasteiger partial charge in [-0.05, 0) is 18.2 Å². The van der Waals surface area contributed by atoms with Crippen molar-refractivity contribution in [2.24, 2.45) is 0 Å². The zero-order valence-corrected chi connectivity index (χ0v) is 9.12. The van der Waals surface area contributed by atoms with Crippen molar-refractivity contribution < 1.29 is 29.3 Å². The Morgan fingerprint density at radius 2 is 2.18 bits per heavy atom. The highest BCUT2D eigenvalue weighted by molar-refractivity contribution is 5.79. The molecule has 1 atom stereocenters. The van der Waals surface area contributed by atoms with Gasteiger partial charge in [0.15, 0.2) is 17.6 Å². The van der Waals surface area contributed by atoms with Crippen LogP contribution in [0.15, 0.2) is 18.2 Å². The second-order valence-corrected chi connectivity index (χ2v) is 3.15. The van der Waals surface area contributed by atoms with Crippen molar-refractivity contribution in [1.29, 1.82) is 0 Å². The zero-order chi connectivity index (χ0) is 12.8. The van der Waals surface area contributed by atoms with Crippen LogP contribution in [0, 0.1) is 0 Å². The van der Waals surface area contributed by atoms with Gasteiger partial charge in [0, 0.05) is 5.56 Å². The van der Waals surface area contributed by atoms with Crippen molar-refractivity contribution in [3.63, 3.8) is 0 Å². The molecular formula is C11H12O6. The summed E-state index contributed by atoms with van der Waals surface area (Å²) in [4.78, 5) is 21.7. The van der Waals surface area contributed by atoms with E-state index in [1.54, 1.807) is 0 Å². The van der Waals surface area contributed by atoms with Gasteiger partial charge in [-0.2, -0.15) is 0 Å². The van der Waals surface area contributed by atoms with Crippen LogP contribution in [0.5, 0.6) is 11.5 Å². The van der Waals surface area contributed by atoms with Gasteiger partial charge in [0.05, 0.1) is 13.7 Å². The second-order valence-electron chi connectivity index (χ2n) is 3.15. The number of carbonyl (C=O) groups excluding carboxylic acids is 2.